The maximum Gasteiger partial charge on any atom is 0.223 e. The van der Waals surface area contributed by atoms with Gasteiger partial charge in [-0.3, -0.25) is 14.6 Å². The summed E-state index contributed by atoms with van der Waals surface area (Å²) in [6.45, 7) is 1.75. The average Bonchev–Trinajstić information content (AvgIpc) is 3.07. The molecule has 3 N–H and O–H groups in total. The number of aliphatic hydroxyl groups is 2. The molecule has 0 aliphatic rings. The quantitative estimate of drug-likeness (QED) is 0.141. The Balaban J connectivity index is 1.45. The number of ether oxygens (including phenoxy) is 3. The molecule has 0 spiro atoms. The van der Waals surface area contributed by atoms with Gasteiger partial charge in [-0.2, -0.15) is 5.26 Å². The summed E-state index contributed by atoms with van der Waals surface area (Å²) >= 11 is 13.2. The largest absolute Gasteiger partial charge is 0.491 e. The van der Waals surface area contributed by atoms with Crippen molar-refractivity contribution in [3.8, 4) is 34.4 Å². The molecule has 12 heteroatoms. The van der Waals surface area contributed by atoms with Gasteiger partial charge in [0, 0.05) is 36.1 Å². The van der Waals surface area contributed by atoms with Crippen LogP contribution in [-0.2, 0) is 18.0 Å². The molecule has 46 heavy (non-hydrogen) atoms. The van der Waals surface area contributed by atoms with Crippen LogP contribution in [0.25, 0.3) is 11.1 Å². The fourth-order valence-electron chi connectivity index (χ4n) is 4.42. The average molecular weight is 665 g/mol. The third-order valence-corrected chi connectivity index (χ3v) is 7.61. The van der Waals surface area contributed by atoms with Crippen molar-refractivity contribution >= 4 is 35.4 Å². The molecule has 0 bridgehead atoms. The number of halogens is 2. The second-order valence-electron chi connectivity index (χ2n) is 10.2. The summed E-state index contributed by atoms with van der Waals surface area (Å²) in [4.78, 5) is 27.7. The number of amides is 1. The lowest BCUT2D eigenvalue weighted by Crippen LogP contribution is -2.34. The molecule has 4 aromatic rings. The fourth-order valence-corrected chi connectivity index (χ4v) is 4.93. The molecule has 0 fully saturated rings. The minimum Gasteiger partial charge on any atom is -0.491 e. The smallest absolute Gasteiger partial charge is 0.223 e. The first-order valence-electron chi connectivity index (χ1n) is 14.2. The van der Waals surface area contributed by atoms with Crippen LogP contribution in [0, 0.1) is 18.3 Å². The Morgan fingerprint density at radius 2 is 1.78 bits per heavy atom. The molecule has 1 unspecified atom stereocenters. The molecule has 238 valence electrons. The second kappa shape index (κ2) is 16.6. The van der Waals surface area contributed by atoms with Crippen LogP contribution in [0.4, 0.5) is 0 Å². The first-order chi connectivity index (χ1) is 22.2. The van der Waals surface area contributed by atoms with Gasteiger partial charge < -0.3 is 29.7 Å². The Bertz CT molecular complexity index is 1740. The highest BCUT2D eigenvalue weighted by atomic mass is 35.5. The number of nitriles is 1. The molecule has 1 atom stereocenters. The standard InChI is InChI=1S/C34H31Cl2N3O7/c1-21-24(20-46-32-12-31(25(17-40)11-29(32)35)45-19-23-10-22(13-37)14-38-15-23)4-2-5-27(21)28-6-3-7-30(34(28)36)44-9-8-33(43)39-16-26(42)18-41/h2-7,10-12,14-15,17,26,41-42H,8-9,16,18-20H2,1H3,(H,39,43). The molecule has 1 aromatic heterocycles. The van der Waals surface area contributed by atoms with Gasteiger partial charge in [0.25, 0.3) is 0 Å². The lowest BCUT2D eigenvalue weighted by atomic mass is 9.96. The molecule has 1 amide bonds. The van der Waals surface area contributed by atoms with Crippen molar-refractivity contribution in [2.24, 2.45) is 0 Å². The van der Waals surface area contributed by atoms with E-state index in [0.29, 0.717) is 33.9 Å². The molecule has 0 saturated heterocycles. The molecular weight excluding hydrogens is 633 g/mol. The number of aromatic nitrogens is 1. The minimum atomic E-state index is -1.02. The van der Waals surface area contributed by atoms with Gasteiger partial charge >= 0.3 is 0 Å². The Morgan fingerprint density at radius 1 is 1.02 bits per heavy atom. The molecule has 0 radical (unpaired) electrons. The number of benzene rings is 3. The van der Waals surface area contributed by atoms with Crippen molar-refractivity contribution in [2.75, 3.05) is 19.8 Å². The molecule has 1 heterocycles. The molecule has 0 aliphatic heterocycles. The number of hydrogen-bond acceptors (Lipinski definition) is 9. The zero-order valence-corrected chi connectivity index (χ0v) is 26.3. The van der Waals surface area contributed by atoms with Gasteiger partial charge in [0.05, 0.1) is 46.9 Å². The van der Waals surface area contributed by atoms with Gasteiger partial charge in [-0.15, -0.1) is 0 Å². The van der Waals surface area contributed by atoms with Crippen LogP contribution in [0.2, 0.25) is 10.0 Å². The Morgan fingerprint density at radius 3 is 2.54 bits per heavy atom. The van der Waals surface area contributed by atoms with Gasteiger partial charge in [-0.1, -0.05) is 53.5 Å². The van der Waals surface area contributed by atoms with Crippen LogP contribution >= 0.6 is 23.2 Å². The van der Waals surface area contributed by atoms with E-state index in [1.807, 2.05) is 37.3 Å². The first kappa shape index (κ1) is 34.2. The van der Waals surface area contributed by atoms with Gasteiger partial charge in [-0.05, 0) is 41.8 Å². The summed E-state index contributed by atoms with van der Waals surface area (Å²) in [7, 11) is 0. The predicted molar refractivity (Wildman–Crippen MR) is 172 cm³/mol. The predicted octanol–water partition coefficient (Wildman–Crippen LogP) is 5.44. The molecule has 0 saturated carbocycles. The fraction of sp³-hybridized carbons (Fsp3) is 0.235. The van der Waals surface area contributed by atoms with E-state index in [0.717, 1.165) is 22.3 Å². The third-order valence-electron chi connectivity index (χ3n) is 6.92. The molecule has 4 rings (SSSR count). The molecule has 0 aliphatic carbocycles. The number of pyridine rings is 1. The zero-order chi connectivity index (χ0) is 33.1. The number of hydrogen-bond donors (Lipinski definition) is 3. The number of aldehydes is 1. The van der Waals surface area contributed by atoms with Crippen molar-refractivity contribution < 1.29 is 34.0 Å². The van der Waals surface area contributed by atoms with Crippen LogP contribution < -0.4 is 19.5 Å². The first-order valence-corrected chi connectivity index (χ1v) is 14.9. The van der Waals surface area contributed by atoms with Gasteiger partial charge in [0.2, 0.25) is 5.91 Å². The monoisotopic (exact) mass is 663 g/mol. The summed E-state index contributed by atoms with van der Waals surface area (Å²) in [6.07, 6.45) is 2.69. The summed E-state index contributed by atoms with van der Waals surface area (Å²) in [6, 6.07) is 17.8. The minimum absolute atomic E-state index is 0.0410. The maximum absolute atomic E-state index is 12.0. The van der Waals surface area contributed by atoms with E-state index in [9.17, 15) is 14.7 Å². The number of carbonyl (C=O) groups is 2. The van der Waals surface area contributed by atoms with Crippen LogP contribution in [-0.4, -0.2) is 53.3 Å². The number of nitrogens with one attached hydrogen (secondary N) is 1. The van der Waals surface area contributed by atoms with Crippen molar-refractivity contribution in [3.63, 3.8) is 0 Å². The van der Waals surface area contributed by atoms with Gasteiger partial charge in [0.1, 0.15) is 36.5 Å². The van der Waals surface area contributed by atoms with Gasteiger partial charge in [0.15, 0.2) is 6.29 Å². The molecule has 10 nitrogen and oxygen atoms in total. The Hall–Kier alpha value is -4.66. The lowest BCUT2D eigenvalue weighted by molar-refractivity contribution is -0.122. The molecule has 3 aromatic carbocycles. The Kier molecular flexibility index (Phi) is 12.3. The zero-order valence-electron chi connectivity index (χ0n) is 24.8. The van der Waals surface area contributed by atoms with Crippen molar-refractivity contribution in [2.45, 2.75) is 32.7 Å². The molecular formula is C34H31Cl2N3O7. The highest BCUT2D eigenvalue weighted by molar-refractivity contribution is 6.35. The van der Waals surface area contributed by atoms with E-state index in [2.05, 4.69) is 10.3 Å². The number of carbonyl (C=O) groups excluding carboxylic acids is 2. The van der Waals surface area contributed by atoms with Crippen LogP contribution in [0.15, 0.2) is 67.0 Å². The van der Waals surface area contributed by atoms with E-state index < -0.39 is 12.7 Å². The van der Waals surface area contributed by atoms with E-state index in [-0.39, 0.29) is 55.0 Å². The normalized spacial score (nSPS) is 11.3. The van der Waals surface area contributed by atoms with Crippen molar-refractivity contribution in [1.82, 2.24) is 10.3 Å². The summed E-state index contributed by atoms with van der Waals surface area (Å²) in [5, 5.41) is 30.5. The summed E-state index contributed by atoms with van der Waals surface area (Å²) in [5.41, 5.74) is 4.66. The van der Waals surface area contributed by atoms with E-state index in [1.165, 1.54) is 12.3 Å². The number of aliphatic hydroxyl groups excluding tert-OH is 2. The van der Waals surface area contributed by atoms with Crippen molar-refractivity contribution in [1.29, 1.82) is 5.26 Å². The van der Waals surface area contributed by atoms with Gasteiger partial charge in [-0.25, -0.2) is 0 Å². The van der Waals surface area contributed by atoms with Crippen LogP contribution in [0.3, 0.4) is 0 Å². The highest BCUT2D eigenvalue weighted by Crippen LogP contribution is 2.38. The van der Waals surface area contributed by atoms with Crippen molar-refractivity contribution in [3.05, 3.63) is 105 Å². The maximum atomic E-state index is 12.0. The third kappa shape index (κ3) is 8.96. The van der Waals surface area contributed by atoms with Crippen LogP contribution in [0.5, 0.6) is 17.2 Å². The topological polar surface area (TPSA) is 151 Å². The number of rotatable bonds is 15. The lowest BCUT2D eigenvalue weighted by Gasteiger charge is -2.17. The van der Waals surface area contributed by atoms with E-state index >= 15 is 0 Å². The van der Waals surface area contributed by atoms with E-state index in [1.54, 1.807) is 30.5 Å². The summed E-state index contributed by atoms with van der Waals surface area (Å²) < 4.78 is 17.7. The van der Waals surface area contributed by atoms with Crippen LogP contribution in [0.1, 0.15) is 39.0 Å². The van der Waals surface area contributed by atoms with E-state index in [4.69, 9.17) is 47.8 Å². The second-order valence-corrected chi connectivity index (χ2v) is 10.9. The highest BCUT2D eigenvalue weighted by Gasteiger charge is 2.16. The number of nitrogens with zero attached hydrogens (tertiary/aromatic N) is 2. The Labute approximate surface area is 276 Å². The summed E-state index contributed by atoms with van der Waals surface area (Å²) in [5.74, 6) is 0.670. The SMILES string of the molecule is Cc1c(COc2cc(OCc3cncc(C#N)c3)c(C=O)cc2Cl)cccc1-c1cccc(OCCC(=O)NCC(O)CO)c1Cl.